The smallest absolute Gasteiger partial charge is 0.0541 e. The number of para-hydroxylation sites is 3. The Bertz CT molecular complexity index is 2710. The fourth-order valence-electron chi connectivity index (χ4n) is 8.48. The van der Waals surface area contributed by atoms with Crippen molar-refractivity contribution in [2.24, 2.45) is 0 Å². The minimum atomic E-state index is -0.184. The zero-order chi connectivity index (χ0) is 34.1. The van der Waals surface area contributed by atoms with Gasteiger partial charge in [-0.2, -0.15) is 0 Å². The molecule has 0 saturated carbocycles. The van der Waals surface area contributed by atoms with Crippen molar-refractivity contribution in [3.05, 3.63) is 193 Å². The maximum absolute atomic E-state index is 2.43. The van der Waals surface area contributed by atoms with Crippen molar-refractivity contribution >= 4 is 49.6 Å². The van der Waals surface area contributed by atoms with Crippen molar-refractivity contribution in [1.82, 2.24) is 4.57 Å². The van der Waals surface area contributed by atoms with E-state index in [1.807, 2.05) is 0 Å². The van der Waals surface area contributed by atoms with Crippen LogP contribution in [0.2, 0.25) is 0 Å². The van der Waals surface area contributed by atoms with Crippen LogP contribution in [0.1, 0.15) is 25.0 Å². The van der Waals surface area contributed by atoms with Crippen molar-refractivity contribution in [2.75, 3.05) is 4.90 Å². The summed E-state index contributed by atoms with van der Waals surface area (Å²) in [5.41, 5.74) is 14.7. The number of benzene rings is 8. The van der Waals surface area contributed by atoms with Gasteiger partial charge in [-0.25, -0.2) is 0 Å². The molecule has 2 nitrogen and oxygen atoms in total. The molecule has 1 aliphatic rings. The van der Waals surface area contributed by atoms with Crippen LogP contribution in [-0.4, -0.2) is 4.57 Å². The highest BCUT2D eigenvalue weighted by Gasteiger charge is 2.36. The van der Waals surface area contributed by atoms with E-state index in [1.54, 1.807) is 0 Å². The number of aromatic nitrogens is 1. The second kappa shape index (κ2) is 11.3. The lowest BCUT2D eigenvalue weighted by atomic mass is 9.82. The molecule has 0 aliphatic heterocycles. The van der Waals surface area contributed by atoms with Crippen molar-refractivity contribution in [3.63, 3.8) is 0 Å². The van der Waals surface area contributed by atoms with Gasteiger partial charge in [0.15, 0.2) is 0 Å². The molecule has 242 valence electrons. The minimum absolute atomic E-state index is 0.184. The fraction of sp³-hybridized carbons (Fsp3) is 0.0612. The van der Waals surface area contributed by atoms with Crippen LogP contribution in [0.5, 0.6) is 0 Å². The number of anilines is 3. The summed E-state index contributed by atoms with van der Waals surface area (Å²) in [5.74, 6) is 0. The Hall–Kier alpha value is -6.38. The van der Waals surface area contributed by atoms with Gasteiger partial charge >= 0.3 is 0 Å². The van der Waals surface area contributed by atoms with Gasteiger partial charge in [-0.3, -0.25) is 0 Å². The van der Waals surface area contributed by atoms with Crippen LogP contribution >= 0.6 is 0 Å². The summed E-state index contributed by atoms with van der Waals surface area (Å²) in [4.78, 5) is 2.38. The summed E-state index contributed by atoms with van der Waals surface area (Å²) in [6.45, 7) is 4.76. The van der Waals surface area contributed by atoms with Crippen molar-refractivity contribution in [1.29, 1.82) is 0 Å². The van der Waals surface area contributed by atoms with Gasteiger partial charge in [0.1, 0.15) is 0 Å². The highest BCUT2D eigenvalue weighted by molar-refractivity contribution is 6.09. The molecule has 0 bridgehead atoms. The molecule has 0 atom stereocenters. The Morgan fingerprint density at radius 1 is 0.412 bits per heavy atom. The molecule has 1 aliphatic carbocycles. The number of hydrogen-bond acceptors (Lipinski definition) is 1. The molecule has 0 saturated heterocycles. The van der Waals surface area contributed by atoms with Gasteiger partial charge in [-0.05, 0) is 105 Å². The van der Waals surface area contributed by atoms with Crippen LogP contribution in [0, 0.1) is 0 Å². The van der Waals surface area contributed by atoms with Crippen molar-refractivity contribution in [3.8, 4) is 27.9 Å². The molecule has 0 N–H and O–H groups in total. The van der Waals surface area contributed by atoms with Crippen molar-refractivity contribution < 1.29 is 0 Å². The zero-order valence-electron chi connectivity index (χ0n) is 28.7. The van der Waals surface area contributed by atoms with Crippen LogP contribution < -0.4 is 4.90 Å². The van der Waals surface area contributed by atoms with Gasteiger partial charge in [0, 0.05) is 38.9 Å². The standard InChI is InChI=1S/C49H36N2/c1-49(2)45-31-37(50(35-15-4-3-5-16-35)36-25-23-34(24-26-36)40-20-12-14-33-13-6-7-17-39(33)40)27-29-41(45)42-30-28-38(32-46(42)49)51-47-21-10-8-18-43(47)44-19-9-11-22-48(44)51/h3-32H,1-2H3. The molecule has 0 unspecified atom stereocenters. The lowest BCUT2D eigenvalue weighted by Gasteiger charge is -2.28. The van der Waals surface area contributed by atoms with Crippen LogP contribution in [0.4, 0.5) is 17.1 Å². The molecule has 0 fully saturated rings. The largest absolute Gasteiger partial charge is 0.310 e. The van der Waals surface area contributed by atoms with E-state index in [9.17, 15) is 0 Å². The average Bonchev–Trinajstić information content (AvgIpc) is 3.63. The minimum Gasteiger partial charge on any atom is -0.310 e. The van der Waals surface area contributed by atoms with Gasteiger partial charge < -0.3 is 9.47 Å². The molecule has 51 heavy (non-hydrogen) atoms. The number of fused-ring (bicyclic) bond motifs is 7. The first kappa shape index (κ1) is 29.5. The van der Waals surface area contributed by atoms with E-state index in [1.165, 1.54) is 71.6 Å². The first-order valence-electron chi connectivity index (χ1n) is 17.8. The Morgan fingerprint density at radius 3 is 1.69 bits per heavy atom. The highest BCUT2D eigenvalue weighted by Crippen LogP contribution is 2.51. The van der Waals surface area contributed by atoms with E-state index < -0.39 is 0 Å². The molecule has 0 radical (unpaired) electrons. The van der Waals surface area contributed by atoms with Gasteiger partial charge in [-0.15, -0.1) is 0 Å². The fourth-order valence-corrected chi connectivity index (χ4v) is 8.48. The van der Waals surface area contributed by atoms with Gasteiger partial charge in [0.25, 0.3) is 0 Å². The van der Waals surface area contributed by atoms with E-state index >= 15 is 0 Å². The summed E-state index contributed by atoms with van der Waals surface area (Å²) in [6, 6.07) is 66.5. The van der Waals surface area contributed by atoms with Gasteiger partial charge in [0.05, 0.1) is 11.0 Å². The third kappa shape index (κ3) is 4.57. The van der Waals surface area contributed by atoms with E-state index in [0.29, 0.717) is 0 Å². The molecule has 8 aromatic carbocycles. The second-order valence-electron chi connectivity index (χ2n) is 14.2. The summed E-state index contributed by atoms with van der Waals surface area (Å²) in [7, 11) is 0. The summed E-state index contributed by atoms with van der Waals surface area (Å²) < 4.78 is 2.43. The van der Waals surface area contributed by atoms with E-state index in [2.05, 4.69) is 205 Å². The Morgan fingerprint density at radius 2 is 0.961 bits per heavy atom. The third-order valence-electron chi connectivity index (χ3n) is 11.0. The topological polar surface area (TPSA) is 8.17 Å². The molecule has 1 heterocycles. The number of rotatable bonds is 5. The van der Waals surface area contributed by atoms with Gasteiger partial charge in [0.2, 0.25) is 0 Å². The quantitative estimate of drug-likeness (QED) is 0.180. The third-order valence-corrected chi connectivity index (χ3v) is 11.0. The molecular formula is C49H36N2. The Kier molecular flexibility index (Phi) is 6.56. The zero-order valence-corrected chi connectivity index (χ0v) is 28.7. The number of hydrogen-bond donors (Lipinski definition) is 0. The first-order valence-corrected chi connectivity index (χ1v) is 17.8. The predicted molar refractivity (Wildman–Crippen MR) is 216 cm³/mol. The summed E-state index contributed by atoms with van der Waals surface area (Å²) >= 11 is 0. The van der Waals surface area contributed by atoms with Crippen LogP contribution in [-0.2, 0) is 5.41 Å². The number of nitrogens with zero attached hydrogens (tertiary/aromatic N) is 2. The summed E-state index contributed by atoms with van der Waals surface area (Å²) in [5, 5.41) is 5.10. The Labute approximate surface area is 298 Å². The maximum Gasteiger partial charge on any atom is 0.0541 e. The lowest BCUT2D eigenvalue weighted by molar-refractivity contribution is 0.660. The van der Waals surface area contributed by atoms with E-state index in [0.717, 1.165) is 17.1 Å². The van der Waals surface area contributed by atoms with Gasteiger partial charge in [-0.1, -0.05) is 135 Å². The van der Waals surface area contributed by atoms with Crippen molar-refractivity contribution in [2.45, 2.75) is 19.3 Å². The van der Waals surface area contributed by atoms with E-state index in [-0.39, 0.29) is 5.41 Å². The molecule has 9 aromatic rings. The van der Waals surface area contributed by atoms with Crippen LogP contribution in [0.15, 0.2) is 182 Å². The molecule has 10 rings (SSSR count). The lowest BCUT2D eigenvalue weighted by Crippen LogP contribution is -2.17. The molecule has 1 aromatic heterocycles. The molecule has 0 amide bonds. The highest BCUT2D eigenvalue weighted by atomic mass is 15.1. The second-order valence-corrected chi connectivity index (χ2v) is 14.2. The normalized spacial score (nSPS) is 13.1. The van der Waals surface area contributed by atoms with Crippen LogP contribution in [0.3, 0.4) is 0 Å². The van der Waals surface area contributed by atoms with E-state index in [4.69, 9.17) is 0 Å². The maximum atomic E-state index is 2.43. The first-order chi connectivity index (χ1) is 25.1. The molecule has 0 spiro atoms. The summed E-state index contributed by atoms with van der Waals surface area (Å²) in [6.07, 6.45) is 0. The SMILES string of the molecule is CC1(C)c2cc(N(c3ccccc3)c3ccc(-c4cccc5ccccc45)cc3)ccc2-c2ccc(-n3c4ccccc4c4ccccc43)cc21. The van der Waals surface area contributed by atoms with Crippen LogP contribution in [0.25, 0.3) is 60.5 Å². The Balaban J connectivity index is 1.07. The molecular weight excluding hydrogens is 617 g/mol. The average molecular weight is 653 g/mol. The molecule has 2 heteroatoms. The monoisotopic (exact) mass is 652 g/mol. The predicted octanol–water partition coefficient (Wildman–Crippen LogP) is 13.4.